The highest BCUT2D eigenvalue weighted by atomic mass is 19.4. The average Bonchev–Trinajstić information content (AvgIpc) is 2.55. The maximum absolute atomic E-state index is 12.3. The zero-order chi connectivity index (χ0) is 11.2. The van der Waals surface area contributed by atoms with Gasteiger partial charge in [-0.25, -0.2) is 9.50 Å². The van der Waals surface area contributed by atoms with Gasteiger partial charge in [0.05, 0.1) is 17.6 Å². The molecule has 0 saturated carbocycles. The zero-order valence-electron chi connectivity index (χ0n) is 7.71. The van der Waals surface area contributed by atoms with E-state index < -0.39 is 11.9 Å². The summed E-state index contributed by atoms with van der Waals surface area (Å²) in [4.78, 5) is 3.75. The van der Waals surface area contributed by atoms with E-state index in [0.29, 0.717) is 11.4 Å². The van der Waals surface area contributed by atoms with Gasteiger partial charge in [-0.2, -0.15) is 18.3 Å². The van der Waals surface area contributed by atoms with Gasteiger partial charge in [-0.15, -0.1) is 0 Å². The number of nitrogens with two attached hydrogens (primary N) is 1. The predicted molar refractivity (Wildman–Crippen MR) is 47.1 cm³/mol. The van der Waals surface area contributed by atoms with Crippen molar-refractivity contribution in [3.05, 3.63) is 23.7 Å². The molecular weight excluding hydrogens is 209 g/mol. The molecule has 0 radical (unpaired) electrons. The first kappa shape index (κ1) is 9.75. The maximum Gasteiger partial charge on any atom is 0.435 e. The molecule has 15 heavy (non-hydrogen) atoms. The SMILES string of the molecule is Cc1c(N)cnc2cc(C(F)(F)F)nn12. The predicted octanol–water partition coefficient (Wildman–Crippen LogP) is 1.64. The van der Waals surface area contributed by atoms with Crippen molar-refractivity contribution < 1.29 is 13.2 Å². The molecular formula is C8H7F3N4. The fourth-order valence-corrected chi connectivity index (χ4v) is 1.20. The summed E-state index contributed by atoms with van der Waals surface area (Å²) in [5.74, 6) is 0. The molecule has 0 aromatic carbocycles. The Labute approximate surface area is 82.5 Å². The number of nitrogen functional groups attached to an aromatic ring is 1. The summed E-state index contributed by atoms with van der Waals surface area (Å²) in [5.41, 5.74) is 5.41. The van der Waals surface area contributed by atoms with Gasteiger partial charge in [-0.3, -0.25) is 0 Å². The topological polar surface area (TPSA) is 56.2 Å². The number of aryl methyl sites for hydroxylation is 1. The Kier molecular flexibility index (Phi) is 1.85. The van der Waals surface area contributed by atoms with Gasteiger partial charge in [-0.05, 0) is 6.92 Å². The van der Waals surface area contributed by atoms with Crippen molar-refractivity contribution >= 4 is 11.3 Å². The highest BCUT2D eigenvalue weighted by Crippen LogP contribution is 2.28. The summed E-state index contributed by atoms with van der Waals surface area (Å²) in [6.07, 6.45) is -3.15. The van der Waals surface area contributed by atoms with Gasteiger partial charge in [0.1, 0.15) is 0 Å². The fraction of sp³-hybridized carbons (Fsp3) is 0.250. The van der Waals surface area contributed by atoms with Gasteiger partial charge in [0.2, 0.25) is 0 Å². The molecule has 0 aliphatic carbocycles. The molecule has 0 aliphatic rings. The Morgan fingerprint density at radius 3 is 2.67 bits per heavy atom. The summed E-state index contributed by atoms with van der Waals surface area (Å²) in [7, 11) is 0. The minimum absolute atomic E-state index is 0.133. The average molecular weight is 216 g/mol. The van der Waals surface area contributed by atoms with Gasteiger partial charge < -0.3 is 5.73 Å². The van der Waals surface area contributed by atoms with Crippen molar-refractivity contribution in [2.24, 2.45) is 0 Å². The second-order valence-electron chi connectivity index (χ2n) is 3.10. The van der Waals surface area contributed by atoms with Crippen LogP contribution in [0, 0.1) is 6.92 Å². The number of halogens is 3. The van der Waals surface area contributed by atoms with Crippen LogP contribution in [0.5, 0.6) is 0 Å². The van der Waals surface area contributed by atoms with Crippen molar-refractivity contribution in [3.8, 4) is 0 Å². The van der Waals surface area contributed by atoms with E-state index in [1.54, 1.807) is 6.92 Å². The summed E-state index contributed by atoms with van der Waals surface area (Å²) in [6, 6.07) is 0.881. The highest BCUT2D eigenvalue weighted by molar-refractivity contribution is 5.49. The van der Waals surface area contributed by atoms with Gasteiger partial charge >= 0.3 is 6.18 Å². The molecule has 0 fully saturated rings. The van der Waals surface area contributed by atoms with Crippen molar-refractivity contribution in [3.63, 3.8) is 0 Å². The number of fused-ring (bicyclic) bond motifs is 1. The zero-order valence-corrected chi connectivity index (χ0v) is 7.71. The van der Waals surface area contributed by atoms with Gasteiger partial charge in [-0.1, -0.05) is 0 Å². The van der Waals surface area contributed by atoms with Crippen molar-refractivity contribution in [1.82, 2.24) is 14.6 Å². The van der Waals surface area contributed by atoms with Crippen molar-refractivity contribution in [2.45, 2.75) is 13.1 Å². The number of hydrogen-bond acceptors (Lipinski definition) is 3. The van der Waals surface area contributed by atoms with Crippen LogP contribution in [-0.2, 0) is 6.18 Å². The number of rotatable bonds is 0. The van der Waals surface area contributed by atoms with E-state index >= 15 is 0 Å². The largest absolute Gasteiger partial charge is 0.435 e. The van der Waals surface area contributed by atoms with E-state index in [0.717, 1.165) is 10.6 Å². The van der Waals surface area contributed by atoms with Crippen LogP contribution in [0.15, 0.2) is 12.3 Å². The second-order valence-corrected chi connectivity index (χ2v) is 3.10. The molecule has 2 heterocycles. The standard InChI is InChI=1S/C8H7F3N4/c1-4-5(12)3-13-7-2-6(8(9,10)11)14-15(4)7/h2-3H,12H2,1H3. The van der Waals surface area contributed by atoms with Gasteiger partial charge in [0, 0.05) is 6.07 Å². The minimum atomic E-state index is -4.46. The Balaban J connectivity index is 2.72. The summed E-state index contributed by atoms with van der Waals surface area (Å²) < 4.78 is 38.1. The number of hydrogen-bond donors (Lipinski definition) is 1. The molecule has 0 spiro atoms. The summed E-state index contributed by atoms with van der Waals surface area (Å²) in [6.45, 7) is 1.58. The number of aromatic nitrogens is 3. The van der Waals surface area contributed by atoms with Crippen LogP contribution < -0.4 is 5.73 Å². The van der Waals surface area contributed by atoms with E-state index in [9.17, 15) is 13.2 Å². The summed E-state index contributed by atoms with van der Waals surface area (Å²) >= 11 is 0. The molecule has 4 nitrogen and oxygen atoms in total. The monoisotopic (exact) mass is 216 g/mol. The van der Waals surface area contributed by atoms with Crippen LogP contribution in [0.3, 0.4) is 0 Å². The molecule has 0 aliphatic heterocycles. The summed E-state index contributed by atoms with van der Waals surface area (Å²) in [5, 5.41) is 3.39. The van der Waals surface area contributed by atoms with Crippen molar-refractivity contribution in [1.29, 1.82) is 0 Å². The smallest absolute Gasteiger partial charge is 0.396 e. The first-order valence-electron chi connectivity index (χ1n) is 4.07. The molecule has 0 atom stereocenters. The van der Waals surface area contributed by atoms with Crippen LogP contribution in [-0.4, -0.2) is 14.6 Å². The molecule has 80 valence electrons. The number of alkyl halides is 3. The van der Waals surface area contributed by atoms with Crippen molar-refractivity contribution in [2.75, 3.05) is 5.73 Å². The molecule has 2 N–H and O–H groups in total. The third kappa shape index (κ3) is 1.49. The lowest BCUT2D eigenvalue weighted by atomic mass is 10.4. The fourth-order valence-electron chi connectivity index (χ4n) is 1.20. The third-order valence-electron chi connectivity index (χ3n) is 2.05. The van der Waals surface area contributed by atoms with E-state index in [1.807, 2.05) is 0 Å². The third-order valence-corrected chi connectivity index (χ3v) is 2.05. The Morgan fingerprint density at radius 1 is 1.40 bits per heavy atom. The maximum atomic E-state index is 12.3. The second kappa shape index (κ2) is 2.85. The minimum Gasteiger partial charge on any atom is -0.396 e. The quantitative estimate of drug-likeness (QED) is 0.728. The highest BCUT2D eigenvalue weighted by Gasteiger charge is 2.34. The Bertz CT molecular complexity index is 514. The number of anilines is 1. The normalized spacial score (nSPS) is 12.3. The van der Waals surface area contributed by atoms with E-state index in [2.05, 4.69) is 10.1 Å². The van der Waals surface area contributed by atoms with Crippen LogP contribution in [0.4, 0.5) is 18.9 Å². The van der Waals surface area contributed by atoms with E-state index in [1.165, 1.54) is 6.20 Å². The van der Waals surface area contributed by atoms with Crippen LogP contribution in [0.2, 0.25) is 0 Å². The molecule has 0 amide bonds. The molecule has 2 rings (SSSR count). The van der Waals surface area contributed by atoms with E-state index in [4.69, 9.17) is 5.73 Å². The first-order valence-corrected chi connectivity index (χ1v) is 4.07. The lowest BCUT2D eigenvalue weighted by Gasteiger charge is -2.01. The van der Waals surface area contributed by atoms with E-state index in [-0.39, 0.29) is 5.65 Å². The first-order chi connectivity index (χ1) is 6.89. The molecule has 0 bridgehead atoms. The Morgan fingerprint density at radius 2 is 2.07 bits per heavy atom. The lowest BCUT2D eigenvalue weighted by Crippen LogP contribution is -2.07. The molecule has 2 aromatic heterocycles. The van der Waals surface area contributed by atoms with Crippen LogP contribution in [0.25, 0.3) is 5.65 Å². The Hall–Kier alpha value is -1.79. The number of nitrogens with zero attached hydrogens (tertiary/aromatic N) is 3. The van der Waals surface area contributed by atoms with Gasteiger partial charge in [0.15, 0.2) is 11.3 Å². The molecule has 7 heteroatoms. The molecule has 0 saturated heterocycles. The lowest BCUT2D eigenvalue weighted by molar-refractivity contribution is -0.141. The van der Waals surface area contributed by atoms with Gasteiger partial charge in [0.25, 0.3) is 0 Å². The molecule has 0 unspecified atom stereocenters. The van der Waals surface area contributed by atoms with Crippen LogP contribution in [0.1, 0.15) is 11.4 Å². The molecule has 2 aromatic rings. The van der Waals surface area contributed by atoms with Crippen LogP contribution >= 0.6 is 0 Å².